The number of nitrogens with zero attached hydrogens (tertiary/aromatic N) is 2. The Bertz CT molecular complexity index is 432. The number of carbonyl (C=O) groups excluding carboxylic acids is 2. The van der Waals surface area contributed by atoms with Crippen molar-refractivity contribution < 1.29 is 14.3 Å². The second kappa shape index (κ2) is 9.52. The molecule has 0 saturated carbocycles. The lowest BCUT2D eigenvalue weighted by atomic mass is 10.2. The van der Waals surface area contributed by atoms with Crippen LogP contribution in [0, 0.1) is 0 Å². The number of hydrogen-bond donors (Lipinski definition) is 0. The molecule has 0 unspecified atom stereocenters. The summed E-state index contributed by atoms with van der Waals surface area (Å²) >= 11 is 1.58. The van der Waals surface area contributed by atoms with Crippen molar-refractivity contribution >= 4 is 23.2 Å². The Morgan fingerprint density at radius 2 is 2.00 bits per heavy atom. The molecule has 0 saturated heterocycles. The standard InChI is InChI=1S/C15H24N2O3S/c1-4-20-15(19)7-8-17(10-9-16(2)3)14(18)12-13-6-5-11-21-13/h5-6,11H,4,7-10,12H2,1-3H3. The van der Waals surface area contributed by atoms with Crippen LogP contribution in [0.25, 0.3) is 0 Å². The van der Waals surface area contributed by atoms with Crippen LogP contribution in [0.1, 0.15) is 18.2 Å². The van der Waals surface area contributed by atoms with Crippen molar-refractivity contribution in [3.63, 3.8) is 0 Å². The van der Waals surface area contributed by atoms with Gasteiger partial charge in [0, 0.05) is 24.5 Å². The third-order valence-corrected chi connectivity index (χ3v) is 3.84. The quantitative estimate of drug-likeness (QED) is 0.650. The molecule has 0 N–H and O–H groups in total. The van der Waals surface area contributed by atoms with Gasteiger partial charge in [0.1, 0.15) is 0 Å². The molecule has 1 amide bonds. The summed E-state index contributed by atoms with van der Waals surface area (Å²) in [6.45, 7) is 3.97. The van der Waals surface area contributed by atoms with Crippen molar-refractivity contribution in [1.82, 2.24) is 9.80 Å². The topological polar surface area (TPSA) is 49.9 Å². The van der Waals surface area contributed by atoms with Gasteiger partial charge in [0.25, 0.3) is 0 Å². The summed E-state index contributed by atoms with van der Waals surface area (Å²) in [5, 5.41) is 1.96. The number of thiophene rings is 1. The van der Waals surface area contributed by atoms with Gasteiger partial charge in [-0.25, -0.2) is 0 Å². The average molecular weight is 312 g/mol. The van der Waals surface area contributed by atoms with E-state index in [1.807, 2.05) is 36.5 Å². The first kappa shape index (κ1) is 17.7. The second-order valence-corrected chi connectivity index (χ2v) is 6.03. The monoisotopic (exact) mass is 312 g/mol. The van der Waals surface area contributed by atoms with Gasteiger partial charge < -0.3 is 14.5 Å². The van der Waals surface area contributed by atoms with Crippen LogP contribution in [-0.4, -0.2) is 62.0 Å². The molecular weight excluding hydrogens is 288 g/mol. The number of carbonyl (C=O) groups is 2. The highest BCUT2D eigenvalue weighted by Gasteiger charge is 2.16. The Morgan fingerprint density at radius 3 is 2.57 bits per heavy atom. The molecular formula is C15H24N2O3S. The summed E-state index contributed by atoms with van der Waals surface area (Å²) < 4.78 is 4.92. The maximum Gasteiger partial charge on any atom is 0.307 e. The zero-order valence-corrected chi connectivity index (χ0v) is 13.8. The van der Waals surface area contributed by atoms with Gasteiger partial charge in [-0.3, -0.25) is 9.59 Å². The summed E-state index contributed by atoms with van der Waals surface area (Å²) in [6, 6.07) is 3.90. The fourth-order valence-electron chi connectivity index (χ4n) is 1.82. The van der Waals surface area contributed by atoms with E-state index in [1.165, 1.54) is 0 Å². The molecule has 0 aliphatic heterocycles. The van der Waals surface area contributed by atoms with Crippen molar-refractivity contribution in [2.24, 2.45) is 0 Å². The van der Waals surface area contributed by atoms with Crippen molar-refractivity contribution in [2.75, 3.05) is 40.3 Å². The van der Waals surface area contributed by atoms with Crippen LogP contribution in [0.3, 0.4) is 0 Å². The number of esters is 1. The fraction of sp³-hybridized carbons (Fsp3) is 0.600. The van der Waals surface area contributed by atoms with Crippen LogP contribution in [0.2, 0.25) is 0 Å². The highest BCUT2D eigenvalue weighted by atomic mass is 32.1. The van der Waals surface area contributed by atoms with Crippen LogP contribution in [0.15, 0.2) is 17.5 Å². The predicted molar refractivity (Wildman–Crippen MR) is 84.4 cm³/mol. The Balaban J connectivity index is 2.53. The first-order valence-electron chi connectivity index (χ1n) is 7.13. The summed E-state index contributed by atoms with van der Waals surface area (Å²) in [6.07, 6.45) is 0.644. The molecule has 118 valence electrons. The number of ether oxygens (including phenoxy) is 1. The lowest BCUT2D eigenvalue weighted by molar-refractivity contribution is -0.144. The number of likely N-dealkylation sites (N-methyl/N-ethyl adjacent to an activating group) is 1. The minimum atomic E-state index is -0.253. The van der Waals surface area contributed by atoms with E-state index in [0.29, 0.717) is 26.1 Å². The molecule has 0 atom stereocenters. The third kappa shape index (κ3) is 7.24. The van der Waals surface area contributed by atoms with E-state index in [9.17, 15) is 9.59 Å². The van der Waals surface area contributed by atoms with Crippen LogP contribution >= 0.6 is 11.3 Å². The maximum atomic E-state index is 12.4. The van der Waals surface area contributed by atoms with Crippen molar-refractivity contribution in [3.8, 4) is 0 Å². The van der Waals surface area contributed by atoms with Gasteiger partial charge in [-0.05, 0) is 32.5 Å². The Hall–Kier alpha value is -1.40. The second-order valence-electron chi connectivity index (χ2n) is 5.00. The molecule has 6 heteroatoms. The Kier molecular flexibility index (Phi) is 8.00. The van der Waals surface area contributed by atoms with Gasteiger partial charge in [0.2, 0.25) is 5.91 Å². The zero-order chi connectivity index (χ0) is 15.7. The van der Waals surface area contributed by atoms with Gasteiger partial charge in [0.05, 0.1) is 19.4 Å². The van der Waals surface area contributed by atoms with E-state index in [0.717, 1.165) is 11.4 Å². The molecule has 0 aliphatic carbocycles. The minimum absolute atomic E-state index is 0.0589. The largest absolute Gasteiger partial charge is 0.466 e. The van der Waals surface area contributed by atoms with Crippen LogP contribution in [-0.2, 0) is 20.7 Å². The van der Waals surface area contributed by atoms with Crippen molar-refractivity contribution in [1.29, 1.82) is 0 Å². The number of hydrogen-bond acceptors (Lipinski definition) is 5. The van der Waals surface area contributed by atoms with Crippen molar-refractivity contribution in [2.45, 2.75) is 19.8 Å². The number of amides is 1. The van der Waals surface area contributed by atoms with E-state index >= 15 is 0 Å². The molecule has 1 heterocycles. The molecule has 0 bridgehead atoms. The SMILES string of the molecule is CCOC(=O)CCN(CCN(C)C)C(=O)Cc1cccs1. The minimum Gasteiger partial charge on any atom is -0.466 e. The third-order valence-electron chi connectivity index (χ3n) is 2.97. The summed E-state index contributed by atoms with van der Waals surface area (Å²) in [4.78, 5) is 28.6. The van der Waals surface area contributed by atoms with Gasteiger partial charge in [-0.2, -0.15) is 0 Å². The Labute approximate surface area is 130 Å². The Morgan fingerprint density at radius 1 is 1.24 bits per heavy atom. The van der Waals surface area contributed by atoms with E-state index in [1.54, 1.807) is 23.2 Å². The van der Waals surface area contributed by atoms with Crippen LogP contribution < -0.4 is 0 Å². The van der Waals surface area contributed by atoms with Gasteiger partial charge >= 0.3 is 5.97 Å². The molecule has 0 aliphatic rings. The van der Waals surface area contributed by atoms with E-state index in [4.69, 9.17) is 4.74 Å². The van der Waals surface area contributed by atoms with Crippen LogP contribution in [0.4, 0.5) is 0 Å². The highest BCUT2D eigenvalue weighted by molar-refractivity contribution is 7.10. The smallest absolute Gasteiger partial charge is 0.307 e. The van der Waals surface area contributed by atoms with E-state index in [2.05, 4.69) is 0 Å². The molecule has 0 spiro atoms. The fourth-order valence-corrected chi connectivity index (χ4v) is 2.51. The first-order chi connectivity index (χ1) is 10.0. The summed E-state index contributed by atoms with van der Waals surface area (Å²) in [7, 11) is 3.93. The average Bonchev–Trinajstić information content (AvgIpc) is 2.91. The number of rotatable bonds is 9. The molecule has 5 nitrogen and oxygen atoms in total. The molecule has 0 radical (unpaired) electrons. The lowest BCUT2D eigenvalue weighted by Gasteiger charge is -2.24. The molecule has 0 fully saturated rings. The zero-order valence-electron chi connectivity index (χ0n) is 13.0. The first-order valence-corrected chi connectivity index (χ1v) is 8.01. The highest BCUT2D eigenvalue weighted by Crippen LogP contribution is 2.11. The molecule has 21 heavy (non-hydrogen) atoms. The summed E-state index contributed by atoms with van der Waals surface area (Å²) in [5.74, 6) is -0.195. The molecule has 1 aromatic rings. The summed E-state index contributed by atoms with van der Waals surface area (Å²) in [5.41, 5.74) is 0. The van der Waals surface area contributed by atoms with Gasteiger partial charge in [-0.15, -0.1) is 11.3 Å². The van der Waals surface area contributed by atoms with E-state index in [-0.39, 0.29) is 18.3 Å². The maximum absolute atomic E-state index is 12.4. The molecule has 0 aromatic carbocycles. The van der Waals surface area contributed by atoms with Crippen molar-refractivity contribution in [3.05, 3.63) is 22.4 Å². The van der Waals surface area contributed by atoms with Crippen LogP contribution in [0.5, 0.6) is 0 Å². The van der Waals surface area contributed by atoms with E-state index < -0.39 is 0 Å². The molecule has 1 rings (SSSR count). The molecule has 1 aromatic heterocycles. The predicted octanol–water partition coefficient (Wildman–Crippen LogP) is 1.63. The lowest BCUT2D eigenvalue weighted by Crippen LogP contribution is -2.39. The normalized spacial score (nSPS) is 10.7. The van der Waals surface area contributed by atoms with Gasteiger partial charge in [-0.1, -0.05) is 6.07 Å². The van der Waals surface area contributed by atoms with Gasteiger partial charge in [0.15, 0.2) is 0 Å².